The van der Waals surface area contributed by atoms with Crippen molar-refractivity contribution in [1.82, 2.24) is 10.2 Å². The summed E-state index contributed by atoms with van der Waals surface area (Å²) in [5.74, 6) is 1.66. The summed E-state index contributed by atoms with van der Waals surface area (Å²) >= 11 is 0. The molecule has 1 aromatic carbocycles. The summed E-state index contributed by atoms with van der Waals surface area (Å²) in [6.45, 7) is 6.35. The Morgan fingerprint density at radius 1 is 1.17 bits per heavy atom. The molecule has 0 radical (unpaired) electrons. The van der Waals surface area contributed by atoms with Crippen molar-refractivity contribution in [3.05, 3.63) is 23.3 Å². The maximum absolute atomic E-state index is 12.1. The first-order valence-corrected chi connectivity index (χ1v) is 8.32. The lowest BCUT2D eigenvalue weighted by Crippen LogP contribution is -2.41. The average molecular weight is 320 g/mol. The number of amides is 1. The minimum Gasteiger partial charge on any atom is -0.493 e. The number of benzene rings is 1. The van der Waals surface area contributed by atoms with Crippen molar-refractivity contribution < 1.29 is 14.3 Å². The highest BCUT2D eigenvalue weighted by atomic mass is 16.5. The molecule has 2 rings (SSSR count). The second-order valence-corrected chi connectivity index (χ2v) is 6.13. The van der Waals surface area contributed by atoms with Crippen LogP contribution in [0.2, 0.25) is 0 Å². The zero-order chi connectivity index (χ0) is 16.8. The summed E-state index contributed by atoms with van der Waals surface area (Å²) in [5.41, 5.74) is 2.57. The summed E-state index contributed by atoms with van der Waals surface area (Å²) in [6, 6.07) is 4.37. The van der Waals surface area contributed by atoms with Gasteiger partial charge in [-0.1, -0.05) is 6.92 Å². The largest absolute Gasteiger partial charge is 0.493 e. The van der Waals surface area contributed by atoms with Crippen LogP contribution in [0.3, 0.4) is 0 Å². The molecule has 0 aromatic heterocycles. The van der Waals surface area contributed by atoms with E-state index in [1.165, 1.54) is 11.1 Å². The summed E-state index contributed by atoms with van der Waals surface area (Å²) in [7, 11) is 3.32. The molecule has 1 aliphatic heterocycles. The Kier molecular flexibility index (Phi) is 6.28. The fourth-order valence-corrected chi connectivity index (χ4v) is 2.88. The zero-order valence-electron chi connectivity index (χ0n) is 14.6. The van der Waals surface area contributed by atoms with Gasteiger partial charge in [0.1, 0.15) is 0 Å². The molecule has 1 aromatic rings. The van der Waals surface area contributed by atoms with Gasteiger partial charge >= 0.3 is 0 Å². The lowest BCUT2D eigenvalue weighted by atomic mass is 10.0. The molecule has 1 amide bonds. The van der Waals surface area contributed by atoms with Crippen molar-refractivity contribution in [3.63, 3.8) is 0 Å². The lowest BCUT2D eigenvalue weighted by molar-refractivity contribution is -0.122. The molecule has 1 aliphatic rings. The average Bonchev–Trinajstić information content (AvgIpc) is 2.75. The molecule has 0 saturated carbocycles. The molecule has 1 heterocycles. The third kappa shape index (κ3) is 4.61. The lowest BCUT2D eigenvalue weighted by Gasteiger charge is -2.20. The molecule has 23 heavy (non-hydrogen) atoms. The Bertz CT molecular complexity index is 510. The summed E-state index contributed by atoms with van der Waals surface area (Å²) in [5, 5.41) is 3.03. The van der Waals surface area contributed by atoms with E-state index >= 15 is 0 Å². The topological polar surface area (TPSA) is 50.8 Å². The van der Waals surface area contributed by atoms with Crippen molar-refractivity contribution in [2.45, 2.75) is 39.2 Å². The first-order chi connectivity index (χ1) is 11.1. The van der Waals surface area contributed by atoms with E-state index in [0.29, 0.717) is 6.54 Å². The van der Waals surface area contributed by atoms with E-state index in [-0.39, 0.29) is 11.9 Å². The Labute approximate surface area is 139 Å². The Hall–Kier alpha value is -1.75. The van der Waals surface area contributed by atoms with Gasteiger partial charge in [0.25, 0.3) is 0 Å². The van der Waals surface area contributed by atoms with E-state index < -0.39 is 0 Å². The molecular weight excluding hydrogens is 292 g/mol. The second-order valence-electron chi connectivity index (χ2n) is 6.13. The summed E-state index contributed by atoms with van der Waals surface area (Å²) in [4.78, 5) is 14.3. The zero-order valence-corrected chi connectivity index (χ0v) is 14.6. The molecule has 0 spiro atoms. The molecule has 5 nitrogen and oxygen atoms in total. The van der Waals surface area contributed by atoms with Crippen molar-refractivity contribution in [2.75, 3.05) is 33.9 Å². The third-order valence-electron chi connectivity index (χ3n) is 4.49. The standard InChI is InChI=1S/C18H28N2O3/c1-5-13(2)19-18(21)12-20-8-6-14-10-16(22-3)17(23-4)11-15(14)7-9-20/h10-11,13H,5-9,12H2,1-4H3,(H,19,21). The van der Waals surface area contributed by atoms with Crippen LogP contribution in [-0.2, 0) is 17.6 Å². The normalized spacial score (nSPS) is 16.2. The maximum atomic E-state index is 12.1. The molecular formula is C18H28N2O3. The molecule has 1 atom stereocenters. The van der Waals surface area contributed by atoms with E-state index in [2.05, 4.69) is 29.3 Å². The van der Waals surface area contributed by atoms with Gasteiger partial charge in [-0.2, -0.15) is 0 Å². The van der Waals surface area contributed by atoms with Gasteiger partial charge in [-0.3, -0.25) is 9.69 Å². The number of fused-ring (bicyclic) bond motifs is 1. The van der Waals surface area contributed by atoms with E-state index in [9.17, 15) is 4.79 Å². The fraction of sp³-hybridized carbons (Fsp3) is 0.611. The fourth-order valence-electron chi connectivity index (χ4n) is 2.88. The van der Waals surface area contributed by atoms with E-state index in [0.717, 1.165) is 43.9 Å². The Morgan fingerprint density at radius 2 is 1.70 bits per heavy atom. The van der Waals surface area contributed by atoms with Crippen LogP contribution in [0.1, 0.15) is 31.4 Å². The number of ether oxygens (including phenoxy) is 2. The predicted molar refractivity (Wildman–Crippen MR) is 91.3 cm³/mol. The van der Waals surface area contributed by atoms with Gasteiger partial charge in [-0.05, 0) is 49.4 Å². The predicted octanol–water partition coefficient (Wildman–Crippen LogP) is 2.02. The minimum absolute atomic E-state index is 0.112. The van der Waals surface area contributed by atoms with Gasteiger partial charge in [0.2, 0.25) is 5.91 Å². The van der Waals surface area contributed by atoms with Crippen molar-refractivity contribution in [3.8, 4) is 11.5 Å². The summed E-state index contributed by atoms with van der Waals surface area (Å²) < 4.78 is 10.8. The highest BCUT2D eigenvalue weighted by molar-refractivity contribution is 5.78. The SMILES string of the molecule is CCC(C)NC(=O)CN1CCc2cc(OC)c(OC)cc2CC1. The van der Waals surface area contributed by atoms with Crippen LogP contribution >= 0.6 is 0 Å². The number of nitrogens with zero attached hydrogens (tertiary/aromatic N) is 1. The second kappa shape index (κ2) is 8.20. The third-order valence-corrected chi connectivity index (χ3v) is 4.49. The van der Waals surface area contributed by atoms with Crippen LogP contribution in [0.4, 0.5) is 0 Å². The van der Waals surface area contributed by atoms with E-state index in [1.54, 1.807) is 14.2 Å². The highest BCUT2D eigenvalue weighted by Crippen LogP contribution is 2.32. The molecule has 1 N–H and O–H groups in total. The van der Waals surface area contributed by atoms with Crippen molar-refractivity contribution >= 4 is 5.91 Å². The molecule has 0 fully saturated rings. The van der Waals surface area contributed by atoms with Crippen LogP contribution in [0, 0.1) is 0 Å². The molecule has 0 saturated heterocycles. The van der Waals surface area contributed by atoms with Gasteiger partial charge in [0.05, 0.1) is 20.8 Å². The minimum atomic E-state index is 0.112. The number of carbonyl (C=O) groups is 1. The molecule has 5 heteroatoms. The first kappa shape index (κ1) is 17.6. The molecule has 128 valence electrons. The van der Waals surface area contributed by atoms with Gasteiger partial charge < -0.3 is 14.8 Å². The van der Waals surface area contributed by atoms with Crippen LogP contribution in [-0.4, -0.2) is 50.7 Å². The number of carbonyl (C=O) groups excluding carboxylic acids is 1. The number of methoxy groups -OCH3 is 2. The number of hydrogen-bond donors (Lipinski definition) is 1. The quantitative estimate of drug-likeness (QED) is 0.871. The smallest absolute Gasteiger partial charge is 0.234 e. The van der Waals surface area contributed by atoms with Crippen LogP contribution in [0.5, 0.6) is 11.5 Å². The highest BCUT2D eigenvalue weighted by Gasteiger charge is 2.19. The van der Waals surface area contributed by atoms with Crippen LogP contribution in [0.25, 0.3) is 0 Å². The van der Waals surface area contributed by atoms with Gasteiger partial charge in [-0.25, -0.2) is 0 Å². The number of nitrogens with one attached hydrogen (secondary N) is 1. The monoisotopic (exact) mass is 320 g/mol. The molecule has 0 bridgehead atoms. The summed E-state index contributed by atoms with van der Waals surface area (Å²) in [6.07, 6.45) is 2.80. The first-order valence-electron chi connectivity index (χ1n) is 8.32. The Morgan fingerprint density at radius 3 is 2.13 bits per heavy atom. The van der Waals surface area contributed by atoms with Crippen molar-refractivity contribution in [2.24, 2.45) is 0 Å². The van der Waals surface area contributed by atoms with E-state index in [4.69, 9.17) is 9.47 Å². The van der Waals surface area contributed by atoms with Crippen molar-refractivity contribution in [1.29, 1.82) is 0 Å². The van der Waals surface area contributed by atoms with Crippen LogP contribution in [0.15, 0.2) is 12.1 Å². The molecule has 0 aliphatic carbocycles. The van der Waals surface area contributed by atoms with Gasteiger partial charge in [0, 0.05) is 19.1 Å². The molecule has 1 unspecified atom stereocenters. The van der Waals surface area contributed by atoms with Gasteiger partial charge in [-0.15, -0.1) is 0 Å². The number of hydrogen-bond acceptors (Lipinski definition) is 4. The van der Waals surface area contributed by atoms with Gasteiger partial charge in [0.15, 0.2) is 11.5 Å². The van der Waals surface area contributed by atoms with E-state index in [1.807, 2.05) is 6.92 Å². The maximum Gasteiger partial charge on any atom is 0.234 e. The number of rotatable bonds is 6. The Balaban J connectivity index is 2.01. The van der Waals surface area contributed by atoms with Crippen LogP contribution < -0.4 is 14.8 Å².